The monoisotopic (exact) mass is 387 g/mol. The molecule has 152 valence electrons. The molecule has 7 nitrogen and oxygen atoms in total. The van der Waals surface area contributed by atoms with Crippen LogP contribution in [0.5, 0.6) is 0 Å². The van der Waals surface area contributed by atoms with E-state index in [1.54, 1.807) is 0 Å². The number of fused-ring (bicyclic) bond motifs is 1. The van der Waals surface area contributed by atoms with Gasteiger partial charge in [-0.25, -0.2) is 4.79 Å². The summed E-state index contributed by atoms with van der Waals surface area (Å²) < 4.78 is 4.97. The topological polar surface area (TPSA) is 87.7 Å². The smallest absolute Gasteiger partial charge is 0.324 e. The van der Waals surface area contributed by atoms with Crippen molar-refractivity contribution in [2.45, 2.75) is 38.6 Å². The van der Waals surface area contributed by atoms with Crippen LogP contribution in [0.4, 0.5) is 4.79 Å². The number of urea groups is 1. The molecule has 1 heterocycles. The summed E-state index contributed by atoms with van der Waals surface area (Å²) in [5, 5.41) is 5.92. The van der Waals surface area contributed by atoms with Crippen molar-refractivity contribution in [3.63, 3.8) is 0 Å². The van der Waals surface area contributed by atoms with Gasteiger partial charge in [0.2, 0.25) is 11.8 Å². The Bertz CT molecular complexity index is 719. The van der Waals surface area contributed by atoms with Gasteiger partial charge in [0.05, 0.1) is 19.1 Å². The molecular weight excluding hydrogens is 358 g/mol. The van der Waals surface area contributed by atoms with Crippen LogP contribution in [0.1, 0.15) is 30.4 Å². The van der Waals surface area contributed by atoms with E-state index in [9.17, 15) is 14.4 Å². The van der Waals surface area contributed by atoms with E-state index in [4.69, 9.17) is 4.74 Å². The van der Waals surface area contributed by atoms with Crippen LogP contribution in [0.25, 0.3) is 0 Å². The minimum absolute atomic E-state index is 0.00840. The second kappa shape index (κ2) is 9.19. The zero-order chi connectivity index (χ0) is 20.1. The third-order valence-electron chi connectivity index (χ3n) is 5.71. The molecule has 3 unspecified atom stereocenters. The number of hydrogen-bond acceptors (Lipinski definition) is 4. The van der Waals surface area contributed by atoms with Gasteiger partial charge in [-0.15, -0.1) is 0 Å². The van der Waals surface area contributed by atoms with E-state index in [1.165, 1.54) is 23.1 Å². The molecule has 0 spiro atoms. The van der Waals surface area contributed by atoms with Crippen molar-refractivity contribution >= 4 is 17.8 Å². The number of benzene rings is 1. The Kier molecular flexibility index (Phi) is 6.67. The van der Waals surface area contributed by atoms with Crippen LogP contribution >= 0.6 is 0 Å². The molecule has 1 aliphatic carbocycles. The van der Waals surface area contributed by atoms with Crippen molar-refractivity contribution in [3.05, 3.63) is 35.4 Å². The summed E-state index contributed by atoms with van der Waals surface area (Å²) in [6.07, 6.45) is 2.58. The van der Waals surface area contributed by atoms with Crippen molar-refractivity contribution in [1.82, 2.24) is 15.5 Å². The minimum atomic E-state index is -0.385. The molecule has 0 radical (unpaired) electrons. The zero-order valence-corrected chi connectivity index (χ0v) is 16.6. The van der Waals surface area contributed by atoms with Gasteiger partial charge in [0, 0.05) is 25.6 Å². The second-order valence-corrected chi connectivity index (χ2v) is 7.68. The molecule has 1 aromatic carbocycles. The molecule has 4 amide bonds. The van der Waals surface area contributed by atoms with Crippen molar-refractivity contribution in [2.75, 3.05) is 26.8 Å². The standard InChI is InChI=1S/C21H29N3O4/c1-14-3-5-15(6-4-14)9-10-22-19(25)16-7-8-17-18(13-16)23-21(27)24(20(17)26)11-12-28-2/h3-6,16-18H,7-13H2,1-2H3,(H,22,25)(H,23,27). The number of rotatable bonds is 7. The van der Waals surface area contributed by atoms with E-state index >= 15 is 0 Å². The number of imide groups is 1. The summed E-state index contributed by atoms with van der Waals surface area (Å²) in [6.45, 7) is 3.21. The van der Waals surface area contributed by atoms with Gasteiger partial charge < -0.3 is 15.4 Å². The van der Waals surface area contributed by atoms with Gasteiger partial charge in [-0.2, -0.15) is 0 Å². The molecule has 1 aliphatic heterocycles. The maximum absolute atomic E-state index is 12.6. The molecule has 2 N–H and O–H groups in total. The van der Waals surface area contributed by atoms with Gasteiger partial charge in [0.1, 0.15) is 0 Å². The fourth-order valence-electron chi connectivity index (χ4n) is 4.02. The van der Waals surface area contributed by atoms with E-state index in [-0.39, 0.29) is 42.3 Å². The SMILES string of the molecule is COCCN1C(=O)NC2CC(C(=O)NCCc3ccc(C)cc3)CCC2C1=O. The Labute approximate surface area is 165 Å². The number of aryl methyl sites for hydroxylation is 1. The summed E-state index contributed by atoms with van der Waals surface area (Å²) in [4.78, 5) is 38.6. The third-order valence-corrected chi connectivity index (χ3v) is 5.71. The number of nitrogens with zero attached hydrogens (tertiary/aromatic N) is 1. The lowest BCUT2D eigenvalue weighted by Crippen LogP contribution is -2.62. The van der Waals surface area contributed by atoms with E-state index in [0.29, 0.717) is 32.4 Å². The third kappa shape index (κ3) is 4.70. The van der Waals surface area contributed by atoms with E-state index < -0.39 is 0 Å². The van der Waals surface area contributed by atoms with Gasteiger partial charge >= 0.3 is 6.03 Å². The second-order valence-electron chi connectivity index (χ2n) is 7.68. The summed E-state index contributed by atoms with van der Waals surface area (Å²) in [5.41, 5.74) is 2.41. The molecule has 3 atom stereocenters. The van der Waals surface area contributed by atoms with Crippen molar-refractivity contribution < 1.29 is 19.1 Å². The molecule has 0 aromatic heterocycles. The number of methoxy groups -OCH3 is 1. The molecule has 3 rings (SSSR count). The zero-order valence-electron chi connectivity index (χ0n) is 16.6. The van der Waals surface area contributed by atoms with Gasteiger partial charge in [0.15, 0.2) is 0 Å². The number of carbonyl (C=O) groups is 3. The number of amides is 4. The van der Waals surface area contributed by atoms with E-state index in [1.807, 2.05) is 6.92 Å². The number of carbonyl (C=O) groups excluding carboxylic acids is 3. The van der Waals surface area contributed by atoms with Gasteiger partial charge in [-0.05, 0) is 38.2 Å². The first-order chi connectivity index (χ1) is 13.5. The molecule has 2 fully saturated rings. The summed E-state index contributed by atoms with van der Waals surface area (Å²) in [5.74, 6) is -0.554. The van der Waals surface area contributed by atoms with Crippen LogP contribution < -0.4 is 10.6 Å². The summed E-state index contributed by atoms with van der Waals surface area (Å²) in [7, 11) is 1.54. The van der Waals surface area contributed by atoms with Crippen LogP contribution in [-0.4, -0.2) is 55.6 Å². The maximum Gasteiger partial charge on any atom is 0.324 e. The molecule has 1 saturated carbocycles. The number of ether oxygens (including phenoxy) is 1. The predicted molar refractivity (Wildman–Crippen MR) is 105 cm³/mol. The molecule has 7 heteroatoms. The van der Waals surface area contributed by atoms with Gasteiger partial charge in [-0.3, -0.25) is 14.5 Å². The lowest BCUT2D eigenvalue weighted by Gasteiger charge is -2.41. The molecule has 0 bridgehead atoms. The quantitative estimate of drug-likeness (QED) is 0.745. The Hall–Kier alpha value is -2.41. The van der Waals surface area contributed by atoms with Gasteiger partial charge in [0.25, 0.3) is 0 Å². The Morgan fingerprint density at radius 1 is 1.25 bits per heavy atom. The van der Waals surface area contributed by atoms with Crippen molar-refractivity contribution in [1.29, 1.82) is 0 Å². The molecule has 28 heavy (non-hydrogen) atoms. The molecule has 2 aliphatic rings. The highest BCUT2D eigenvalue weighted by Crippen LogP contribution is 2.33. The first-order valence-corrected chi connectivity index (χ1v) is 9.93. The van der Waals surface area contributed by atoms with Crippen LogP contribution in [0, 0.1) is 18.8 Å². The molecule has 1 saturated heterocycles. The fraction of sp³-hybridized carbons (Fsp3) is 0.571. The molecular formula is C21H29N3O4. The van der Waals surface area contributed by atoms with Crippen molar-refractivity contribution in [2.24, 2.45) is 11.8 Å². The highest BCUT2D eigenvalue weighted by molar-refractivity contribution is 5.99. The summed E-state index contributed by atoms with van der Waals surface area (Å²) in [6, 6.07) is 7.63. The highest BCUT2D eigenvalue weighted by Gasteiger charge is 2.45. The Balaban J connectivity index is 1.49. The lowest BCUT2D eigenvalue weighted by molar-refractivity contribution is -0.139. The first-order valence-electron chi connectivity index (χ1n) is 9.93. The largest absolute Gasteiger partial charge is 0.383 e. The van der Waals surface area contributed by atoms with Crippen molar-refractivity contribution in [3.8, 4) is 0 Å². The maximum atomic E-state index is 12.6. The average Bonchev–Trinajstić information content (AvgIpc) is 2.69. The Morgan fingerprint density at radius 2 is 2.00 bits per heavy atom. The van der Waals surface area contributed by atoms with E-state index in [2.05, 4.69) is 34.9 Å². The normalized spacial score (nSPS) is 24.5. The average molecular weight is 387 g/mol. The first kappa shape index (κ1) is 20.3. The summed E-state index contributed by atoms with van der Waals surface area (Å²) >= 11 is 0. The number of nitrogens with one attached hydrogen (secondary N) is 2. The van der Waals surface area contributed by atoms with Gasteiger partial charge in [-0.1, -0.05) is 29.8 Å². The van der Waals surface area contributed by atoms with Crippen LogP contribution in [0.3, 0.4) is 0 Å². The van der Waals surface area contributed by atoms with Crippen LogP contribution in [0.2, 0.25) is 0 Å². The molecule has 1 aromatic rings. The van der Waals surface area contributed by atoms with Crippen LogP contribution in [0.15, 0.2) is 24.3 Å². The highest BCUT2D eigenvalue weighted by atomic mass is 16.5. The lowest BCUT2D eigenvalue weighted by atomic mass is 9.76. The Morgan fingerprint density at radius 3 is 2.71 bits per heavy atom. The minimum Gasteiger partial charge on any atom is -0.383 e. The fourth-order valence-corrected chi connectivity index (χ4v) is 4.02. The number of hydrogen-bond donors (Lipinski definition) is 2. The van der Waals surface area contributed by atoms with Crippen LogP contribution in [-0.2, 0) is 20.7 Å². The predicted octanol–water partition coefficient (Wildman–Crippen LogP) is 1.64. The van der Waals surface area contributed by atoms with E-state index in [0.717, 1.165) is 6.42 Å².